The molecule has 0 saturated carbocycles. The molecule has 0 radical (unpaired) electrons. The van der Waals surface area contributed by atoms with Gasteiger partial charge >= 0.3 is 0 Å². The topological polar surface area (TPSA) is 92.6 Å². The number of hydrogen-bond acceptors (Lipinski definition) is 7. The molecule has 7 heteroatoms. The van der Waals surface area contributed by atoms with Gasteiger partial charge in [0.2, 0.25) is 11.3 Å². The Kier molecular flexibility index (Phi) is 4.72. The van der Waals surface area contributed by atoms with Crippen molar-refractivity contribution < 1.29 is 9.52 Å². The van der Waals surface area contributed by atoms with Gasteiger partial charge in [-0.25, -0.2) is 4.98 Å². The molecule has 0 unspecified atom stereocenters. The molecule has 2 aromatic carbocycles. The number of para-hydroxylation sites is 1. The fraction of sp³-hybridized carbons (Fsp3) is 0.304. The number of aromatic hydroxyl groups is 1. The SMILES string of the molecule is C[C@H]1CCCCN1Cc1c(O)ccc2c(=O)c(-c3nc4ccccc4s3)c(N)oc12. The maximum Gasteiger partial charge on any atom is 0.205 e. The number of nitrogen functional groups attached to an aromatic ring is 1. The van der Waals surface area contributed by atoms with Gasteiger partial charge in [-0.05, 0) is 50.6 Å². The second-order valence-corrected chi connectivity index (χ2v) is 8.94. The number of fused-ring (bicyclic) bond motifs is 2. The van der Waals surface area contributed by atoms with E-state index in [1.165, 1.54) is 17.8 Å². The third-order valence-electron chi connectivity index (χ3n) is 5.98. The fourth-order valence-corrected chi connectivity index (χ4v) is 5.26. The molecular formula is C23H23N3O3S. The van der Waals surface area contributed by atoms with E-state index in [0.29, 0.717) is 34.1 Å². The van der Waals surface area contributed by atoms with Gasteiger partial charge in [-0.3, -0.25) is 9.69 Å². The summed E-state index contributed by atoms with van der Waals surface area (Å²) in [5.74, 6) is 0.153. The van der Waals surface area contributed by atoms with Crippen LogP contribution in [0, 0.1) is 0 Å². The van der Waals surface area contributed by atoms with Gasteiger partial charge in [0, 0.05) is 12.6 Å². The van der Waals surface area contributed by atoms with Crippen molar-refractivity contribution in [2.45, 2.75) is 38.8 Å². The molecule has 1 fully saturated rings. The molecule has 3 heterocycles. The number of nitrogens with two attached hydrogens (primary N) is 1. The molecule has 6 nitrogen and oxygen atoms in total. The van der Waals surface area contributed by atoms with Gasteiger partial charge in [0.1, 0.15) is 21.9 Å². The lowest BCUT2D eigenvalue weighted by Gasteiger charge is -2.33. The Morgan fingerprint density at radius 3 is 2.90 bits per heavy atom. The predicted molar refractivity (Wildman–Crippen MR) is 121 cm³/mol. The van der Waals surface area contributed by atoms with E-state index in [9.17, 15) is 9.90 Å². The van der Waals surface area contributed by atoms with Crippen molar-refractivity contribution in [1.82, 2.24) is 9.88 Å². The first-order chi connectivity index (χ1) is 14.5. The van der Waals surface area contributed by atoms with E-state index in [4.69, 9.17) is 10.2 Å². The minimum absolute atomic E-state index is 0.0325. The van der Waals surface area contributed by atoms with Gasteiger partial charge in [0.25, 0.3) is 0 Å². The monoisotopic (exact) mass is 421 g/mol. The lowest BCUT2D eigenvalue weighted by Crippen LogP contribution is -2.36. The number of piperidine rings is 1. The summed E-state index contributed by atoms with van der Waals surface area (Å²) in [6.45, 7) is 3.67. The summed E-state index contributed by atoms with van der Waals surface area (Å²) in [5, 5.41) is 11.5. The predicted octanol–water partition coefficient (Wildman–Crippen LogP) is 4.73. The highest BCUT2D eigenvalue weighted by Gasteiger charge is 2.24. The van der Waals surface area contributed by atoms with E-state index in [1.54, 1.807) is 12.1 Å². The molecule has 5 rings (SSSR count). The van der Waals surface area contributed by atoms with Crippen LogP contribution >= 0.6 is 11.3 Å². The molecule has 1 atom stereocenters. The maximum absolute atomic E-state index is 13.4. The van der Waals surface area contributed by atoms with E-state index < -0.39 is 0 Å². The molecule has 3 N–H and O–H groups in total. The van der Waals surface area contributed by atoms with E-state index in [1.807, 2.05) is 24.3 Å². The number of aromatic nitrogens is 1. The summed E-state index contributed by atoms with van der Waals surface area (Å²) in [6, 6.07) is 11.3. The van der Waals surface area contributed by atoms with Gasteiger partial charge in [0.05, 0.1) is 21.2 Å². The molecule has 0 bridgehead atoms. The number of rotatable bonds is 3. The van der Waals surface area contributed by atoms with Crippen LogP contribution in [0.2, 0.25) is 0 Å². The second-order valence-electron chi connectivity index (χ2n) is 7.91. The van der Waals surface area contributed by atoms with Gasteiger partial charge in [-0.2, -0.15) is 0 Å². The third-order valence-corrected chi connectivity index (χ3v) is 7.03. The Labute approximate surface area is 177 Å². The smallest absolute Gasteiger partial charge is 0.205 e. The number of hydrogen-bond donors (Lipinski definition) is 2. The Bertz CT molecular complexity index is 1280. The highest BCUT2D eigenvalue weighted by Crippen LogP contribution is 2.36. The van der Waals surface area contributed by atoms with E-state index in [-0.39, 0.29) is 22.6 Å². The Morgan fingerprint density at radius 2 is 2.10 bits per heavy atom. The summed E-state index contributed by atoms with van der Waals surface area (Å²) in [6.07, 6.45) is 3.47. The minimum Gasteiger partial charge on any atom is -0.507 e. The maximum atomic E-state index is 13.4. The van der Waals surface area contributed by atoms with Crippen LogP contribution < -0.4 is 11.2 Å². The van der Waals surface area contributed by atoms with Crippen LogP contribution in [-0.4, -0.2) is 27.6 Å². The summed E-state index contributed by atoms with van der Waals surface area (Å²) in [5.41, 5.74) is 8.08. The van der Waals surface area contributed by atoms with Crippen LogP contribution in [0.1, 0.15) is 31.7 Å². The lowest BCUT2D eigenvalue weighted by atomic mass is 10.0. The molecule has 1 aliphatic heterocycles. The zero-order valence-corrected chi connectivity index (χ0v) is 17.5. The molecule has 30 heavy (non-hydrogen) atoms. The Hall–Kier alpha value is -2.90. The number of phenolic OH excluding ortho intramolecular Hbond substituents is 1. The number of thiazole rings is 1. The van der Waals surface area contributed by atoms with Crippen molar-refractivity contribution in [3.05, 3.63) is 52.2 Å². The number of likely N-dealkylation sites (tertiary alicyclic amines) is 1. The standard InChI is InChI=1S/C23H23N3O3S/c1-13-6-4-5-11-26(13)12-15-17(27)10-9-14-20(28)19(22(24)29-21(14)15)23-25-16-7-2-3-8-18(16)30-23/h2-3,7-10,13,27H,4-6,11-12,24H2,1H3/t13-/m0/s1. The Balaban J connectivity index is 1.66. The van der Waals surface area contributed by atoms with Crippen molar-refractivity contribution in [1.29, 1.82) is 0 Å². The van der Waals surface area contributed by atoms with E-state index in [0.717, 1.165) is 29.6 Å². The van der Waals surface area contributed by atoms with Crippen LogP contribution in [0.5, 0.6) is 5.75 Å². The summed E-state index contributed by atoms with van der Waals surface area (Å²) < 4.78 is 6.95. The number of nitrogens with zero attached hydrogens (tertiary/aromatic N) is 2. The number of benzene rings is 2. The van der Waals surface area contributed by atoms with Gasteiger partial charge in [-0.1, -0.05) is 18.6 Å². The third kappa shape index (κ3) is 3.14. The number of phenols is 1. The zero-order chi connectivity index (χ0) is 20.8. The van der Waals surface area contributed by atoms with Crippen LogP contribution in [0.25, 0.3) is 31.8 Å². The first-order valence-electron chi connectivity index (χ1n) is 10.2. The molecule has 1 aliphatic rings. The largest absolute Gasteiger partial charge is 0.507 e. The summed E-state index contributed by atoms with van der Waals surface area (Å²) in [4.78, 5) is 20.3. The normalized spacial score (nSPS) is 17.7. The fourth-order valence-electron chi connectivity index (χ4n) is 4.25. The van der Waals surface area contributed by atoms with Crippen LogP contribution in [0.4, 0.5) is 5.88 Å². The molecule has 154 valence electrons. The van der Waals surface area contributed by atoms with Gasteiger partial charge in [0.15, 0.2) is 0 Å². The van der Waals surface area contributed by atoms with Crippen molar-refractivity contribution in [2.75, 3.05) is 12.3 Å². The quantitative estimate of drug-likeness (QED) is 0.497. The minimum atomic E-state index is -0.222. The summed E-state index contributed by atoms with van der Waals surface area (Å²) >= 11 is 1.41. The molecular weight excluding hydrogens is 398 g/mol. The molecule has 1 saturated heterocycles. The van der Waals surface area contributed by atoms with Crippen molar-refractivity contribution in [3.63, 3.8) is 0 Å². The van der Waals surface area contributed by atoms with Crippen LogP contribution in [0.3, 0.4) is 0 Å². The van der Waals surface area contributed by atoms with Crippen molar-refractivity contribution in [3.8, 4) is 16.3 Å². The number of anilines is 1. The van der Waals surface area contributed by atoms with Gasteiger partial charge < -0.3 is 15.3 Å². The van der Waals surface area contributed by atoms with Crippen molar-refractivity contribution in [2.24, 2.45) is 0 Å². The lowest BCUT2D eigenvalue weighted by molar-refractivity contribution is 0.151. The molecule has 0 amide bonds. The first kappa shape index (κ1) is 19.1. The van der Waals surface area contributed by atoms with E-state index >= 15 is 0 Å². The highest BCUT2D eigenvalue weighted by molar-refractivity contribution is 7.21. The second kappa shape index (κ2) is 7.41. The zero-order valence-electron chi connectivity index (χ0n) is 16.7. The summed E-state index contributed by atoms with van der Waals surface area (Å²) in [7, 11) is 0. The van der Waals surface area contributed by atoms with E-state index in [2.05, 4.69) is 16.8 Å². The molecule has 4 aromatic rings. The Morgan fingerprint density at radius 1 is 1.27 bits per heavy atom. The highest BCUT2D eigenvalue weighted by atomic mass is 32.1. The van der Waals surface area contributed by atoms with Crippen LogP contribution in [0.15, 0.2) is 45.6 Å². The first-order valence-corrected chi connectivity index (χ1v) is 11.0. The van der Waals surface area contributed by atoms with Gasteiger partial charge in [-0.15, -0.1) is 11.3 Å². The average Bonchev–Trinajstić information content (AvgIpc) is 3.15. The molecule has 2 aromatic heterocycles. The molecule has 0 spiro atoms. The average molecular weight is 422 g/mol. The van der Waals surface area contributed by atoms with Crippen LogP contribution in [-0.2, 0) is 6.54 Å². The van der Waals surface area contributed by atoms with Crippen molar-refractivity contribution >= 4 is 38.4 Å². The molecule has 0 aliphatic carbocycles.